The minimum Gasteiger partial charge on any atom is -0.497 e. The molecular formula is C21H33N3O2. The first-order valence-electron chi connectivity index (χ1n) is 10.1. The summed E-state index contributed by atoms with van der Waals surface area (Å²) < 4.78 is 5.21. The molecule has 0 radical (unpaired) electrons. The number of nitrogens with zero attached hydrogens (tertiary/aromatic N) is 3. The summed E-state index contributed by atoms with van der Waals surface area (Å²) >= 11 is 0. The molecule has 0 N–H and O–H groups in total. The summed E-state index contributed by atoms with van der Waals surface area (Å²) in [5.74, 6) is 1.25. The number of methoxy groups -OCH3 is 1. The number of rotatable bonds is 6. The van der Waals surface area contributed by atoms with Crippen molar-refractivity contribution in [1.82, 2.24) is 14.7 Å². The number of carbonyl (C=O) groups is 1. The van der Waals surface area contributed by atoms with Gasteiger partial charge in [-0.2, -0.15) is 0 Å². The first kappa shape index (κ1) is 19.2. The minimum atomic E-state index is 0.332. The van der Waals surface area contributed by atoms with E-state index in [0.717, 1.165) is 58.0 Å². The smallest absolute Gasteiger partial charge is 0.236 e. The third kappa shape index (κ3) is 5.71. The molecule has 2 fully saturated rings. The van der Waals surface area contributed by atoms with Gasteiger partial charge in [0.05, 0.1) is 13.7 Å². The fraction of sp³-hybridized carbons (Fsp3) is 0.667. The van der Waals surface area contributed by atoms with Gasteiger partial charge in [-0.25, -0.2) is 0 Å². The normalized spacial score (nSPS) is 20.0. The lowest BCUT2D eigenvalue weighted by atomic mass is 10.1. The molecule has 2 aliphatic rings. The Kier molecular flexibility index (Phi) is 7.32. The minimum absolute atomic E-state index is 0.332. The number of ether oxygens (including phenoxy) is 1. The van der Waals surface area contributed by atoms with Crippen LogP contribution in [0, 0.1) is 0 Å². The average molecular weight is 360 g/mol. The van der Waals surface area contributed by atoms with Crippen LogP contribution in [0.15, 0.2) is 24.3 Å². The van der Waals surface area contributed by atoms with Crippen LogP contribution >= 0.6 is 0 Å². The molecule has 0 spiro atoms. The summed E-state index contributed by atoms with van der Waals surface area (Å²) in [6, 6.07) is 8.35. The molecule has 0 atom stereocenters. The Labute approximate surface area is 157 Å². The van der Waals surface area contributed by atoms with Crippen LogP contribution in [0.3, 0.4) is 0 Å². The van der Waals surface area contributed by atoms with Crippen LogP contribution in [0.4, 0.5) is 0 Å². The quantitative estimate of drug-likeness (QED) is 0.781. The molecule has 2 aliphatic heterocycles. The molecule has 1 aromatic carbocycles. The highest BCUT2D eigenvalue weighted by Gasteiger charge is 2.22. The Hall–Kier alpha value is -1.59. The number of hydrogen-bond donors (Lipinski definition) is 0. The first-order chi connectivity index (χ1) is 12.7. The highest BCUT2D eigenvalue weighted by atomic mass is 16.5. The summed E-state index contributed by atoms with van der Waals surface area (Å²) in [6.45, 7) is 7.73. The van der Waals surface area contributed by atoms with Gasteiger partial charge in [-0.05, 0) is 37.0 Å². The molecule has 0 aromatic heterocycles. The number of piperazine rings is 1. The maximum absolute atomic E-state index is 12.5. The second kappa shape index (κ2) is 9.93. The predicted octanol–water partition coefficient (Wildman–Crippen LogP) is 2.26. The van der Waals surface area contributed by atoms with Crippen LogP contribution in [-0.2, 0) is 11.2 Å². The maximum atomic E-state index is 12.5. The van der Waals surface area contributed by atoms with Crippen molar-refractivity contribution in [3.8, 4) is 5.75 Å². The van der Waals surface area contributed by atoms with E-state index in [9.17, 15) is 4.79 Å². The van der Waals surface area contributed by atoms with Crippen molar-refractivity contribution >= 4 is 5.91 Å². The van der Waals surface area contributed by atoms with Crippen molar-refractivity contribution in [2.75, 3.05) is 59.5 Å². The van der Waals surface area contributed by atoms with E-state index in [-0.39, 0.29) is 0 Å². The van der Waals surface area contributed by atoms with Gasteiger partial charge in [-0.15, -0.1) is 0 Å². The SMILES string of the molecule is COc1ccc(CCN2CCN(CC(=O)N3CCCCCC3)CC2)cc1. The zero-order valence-corrected chi connectivity index (χ0v) is 16.2. The lowest BCUT2D eigenvalue weighted by Gasteiger charge is -2.35. The van der Waals surface area contributed by atoms with Crippen molar-refractivity contribution in [3.63, 3.8) is 0 Å². The lowest BCUT2D eigenvalue weighted by Crippen LogP contribution is -2.50. The molecule has 0 aliphatic carbocycles. The Balaban J connectivity index is 1.36. The topological polar surface area (TPSA) is 36.0 Å². The van der Waals surface area contributed by atoms with E-state index in [1.54, 1.807) is 7.11 Å². The molecule has 2 saturated heterocycles. The first-order valence-corrected chi connectivity index (χ1v) is 10.1. The number of benzene rings is 1. The molecule has 5 heteroatoms. The van der Waals surface area contributed by atoms with E-state index in [1.807, 2.05) is 12.1 Å². The molecule has 2 heterocycles. The van der Waals surface area contributed by atoms with Crippen molar-refractivity contribution in [3.05, 3.63) is 29.8 Å². The zero-order chi connectivity index (χ0) is 18.2. The van der Waals surface area contributed by atoms with Crippen molar-refractivity contribution in [2.45, 2.75) is 32.1 Å². The summed E-state index contributed by atoms with van der Waals surface area (Å²) in [6.07, 6.45) is 5.96. The number of amides is 1. The van der Waals surface area contributed by atoms with Gasteiger partial charge in [0.25, 0.3) is 0 Å². The van der Waals surface area contributed by atoms with Crippen LogP contribution in [-0.4, -0.2) is 80.1 Å². The summed E-state index contributed by atoms with van der Waals surface area (Å²) in [4.78, 5) is 19.5. The van der Waals surface area contributed by atoms with Gasteiger partial charge >= 0.3 is 0 Å². The zero-order valence-electron chi connectivity index (χ0n) is 16.2. The van der Waals surface area contributed by atoms with Gasteiger partial charge in [0.15, 0.2) is 0 Å². The molecule has 0 bridgehead atoms. The van der Waals surface area contributed by atoms with E-state index in [1.165, 1.54) is 31.2 Å². The van der Waals surface area contributed by atoms with Crippen molar-refractivity contribution in [1.29, 1.82) is 0 Å². The van der Waals surface area contributed by atoms with Crippen LogP contribution in [0.25, 0.3) is 0 Å². The summed E-state index contributed by atoms with van der Waals surface area (Å²) in [5, 5.41) is 0. The van der Waals surface area contributed by atoms with E-state index in [4.69, 9.17) is 4.74 Å². The largest absolute Gasteiger partial charge is 0.497 e. The maximum Gasteiger partial charge on any atom is 0.236 e. The predicted molar refractivity (Wildman–Crippen MR) is 105 cm³/mol. The molecule has 3 rings (SSSR count). The molecule has 0 unspecified atom stereocenters. The van der Waals surface area contributed by atoms with Gasteiger partial charge in [0.1, 0.15) is 5.75 Å². The average Bonchev–Trinajstić information content (AvgIpc) is 2.97. The fourth-order valence-corrected chi connectivity index (χ4v) is 3.86. The lowest BCUT2D eigenvalue weighted by molar-refractivity contribution is -0.132. The standard InChI is InChI=1S/C21H33N3O2/c1-26-20-8-6-19(7-9-20)10-13-22-14-16-23(17-15-22)18-21(25)24-11-4-2-3-5-12-24/h6-9H,2-5,10-18H2,1H3. The highest BCUT2D eigenvalue weighted by molar-refractivity contribution is 5.78. The highest BCUT2D eigenvalue weighted by Crippen LogP contribution is 2.13. The van der Waals surface area contributed by atoms with Gasteiger partial charge in [-0.1, -0.05) is 25.0 Å². The van der Waals surface area contributed by atoms with Gasteiger partial charge in [-0.3, -0.25) is 9.69 Å². The van der Waals surface area contributed by atoms with Crippen LogP contribution < -0.4 is 4.74 Å². The second-order valence-electron chi connectivity index (χ2n) is 7.51. The van der Waals surface area contributed by atoms with Crippen LogP contribution in [0.2, 0.25) is 0 Å². The fourth-order valence-electron chi connectivity index (χ4n) is 3.86. The van der Waals surface area contributed by atoms with Crippen molar-refractivity contribution < 1.29 is 9.53 Å². The second-order valence-corrected chi connectivity index (χ2v) is 7.51. The molecule has 1 amide bonds. The molecular weight excluding hydrogens is 326 g/mol. The van der Waals surface area contributed by atoms with Crippen LogP contribution in [0.1, 0.15) is 31.2 Å². The molecule has 144 valence electrons. The Morgan fingerprint density at radius 3 is 2.12 bits per heavy atom. The third-order valence-corrected chi connectivity index (χ3v) is 5.66. The third-order valence-electron chi connectivity index (χ3n) is 5.66. The van der Waals surface area contributed by atoms with E-state index in [2.05, 4.69) is 26.8 Å². The van der Waals surface area contributed by atoms with E-state index >= 15 is 0 Å². The molecule has 26 heavy (non-hydrogen) atoms. The summed E-state index contributed by atoms with van der Waals surface area (Å²) in [7, 11) is 1.70. The van der Waals surface area contributed by atoms with E-state index < -0.39 is 0 Å². The molecule has 5 nitrogen and oxygen atoms in total. The Bertz CT molecular complexity index is 545. The monoisotopic (exact) mass is 359 g/mol. The van der Waals surface area contributed by atoms with Crippen LogP contribution in [0.5, 0.6) is 5.75 Å². The van der Waals surface area contributed by atoms with Crippen molar-refractivity contribution in [2.24, 2.45) is 0 Å². The molecule has 0 saturated carbocycles. The van der Waals surface area contributed by atoms with E-state index in [0.29, 0.717) is 12.5 Å². The van der Waals surface area contributed by atoms with Gasteiger partial charge in [0, 0.05) is 45.8 Å². The number of carbonyl (C=O) groups excluding carboxylic acids is 1. The Morgan fingerprint density at radius 2 is 1.50 bits per heavy atom. The number of likely N-dealkylation sites (tertiary alicyclic amines) is 1. The Morgan fingerprint density at radius 1 is 0.885 bits per heavy atom. The summed E-state index contributed by atoms with van der Waals surface area (Å²) in [5.41, 5.74) is 1.35. The molecule has 1 aromatic rings. The van der Waals surface area contributed by atoms with Gasteiger partial charge in [0.2, 0.25) is 5.91 Å². The number of hydrogen-bond acceptors (Lipinski definition) is 4. The van der Waals surface area contributed by atoms with Gasteiger partial charge < -0.3 is 14.5 Å².